The molecule has 1 aliphatic heterocycles. The van der Waals surface area contributed by atoms with Gasteiger partial charge in [-0.15, -0.1) is 0 Å². The van der Waals surface area contributed by atoms with E-state index in [-0.39, 0.29) is 17.9 Å². The van der Waals surface area contributed by atoms with Gasteiger partial charge in [0.1, 0.15) is 0 Å². The lowest BCUT2D eigenvalue weighted by Crippen LogP contribution is -2.53. The number of carbonyl (C=O) groups excluding carboxylic acids is 2. The second-order valence-electron chi connectivity index (χ2n) is 7.71. The van der Waals surface area contributed by atoms with E-state index in [1.54, 1.807) is 0 Å². The zero-order chi connectivity index (χ0) is 20.8. The highest BCUT2D eigenvalue weighted by Crippen LogP contribution is 2.17. The SMILES string of the molecule is Cc1ccc(NC(=O)C(C)N2CCN(CC(=O)Nc3ccccc3)CC2)c(C)c1. The molecule has 2 aromatic carbocycles. The van der Waals surface area contributed by atoms with Crippen molar-refractivity contribution in [2.75, 3.05) is 43.4 Å². The van der Waals surface area contributed by atoms with E-state index in [9.17, 15) is 9.59 Å². The highest BCUT2D eigenvalue weighted by molar-refractivity contribution is 5.95. The van der Waals surface area contributed by atoms with E-state index in [1.807, 2.05) is 63.2 Å². The van der Waals surface area contributed by atoms with Gasteiger partial charge in [0.05, 0.1) is 12.6 Å². The van der Waals surface area contributed by atoms with E-state index in [0.29, 0.717) is 6.54 Å². The second-order valence-corrected chi connectivity index (χ2v) is 7.71. The Morgan fingerprint density at radius 1 is 0.966 bits per heavy atom. The summed E-state index contributed by atoms with van der Waals surface area (Å²) in [6, 6.07) is 15.3. The Labute approximate surface area is 172 Å². The number of hydrogen-bond donors (Lipinski definition) is 2. The number of amides is 2. The Morgan fingerprint density at radius 3 is 2.31 bits per heavy atom. The maximum absolute atomic E-state index is 12.7. The molecule has 2 aromatic rings. The van der Waals surface area contributed by atoms with Gasteiger partial charge in [0.2, 0.25) is 11.8 Å². The zero-order valence-electron chi connectivity index (χ0n) is 17.4. The van der Waals surface area contributed by atoms with Crippen molar-refractivity contribution in [1.82, 2.24) is 9.80 Å². The van der Waals surface area contributed by atoms with Crippen molar-refractivity contribution >= 4 is 23.2 Å². The van der Waals surface area contributed by atoms with E-state index in [0.717, 1.165) is 43.1 Å². The standard InChI is InChI=1S/C23H30N4O2/c1-17-9-10-21(18(2)15-17)25-23(29)19(3)27-13-11-26(12-14-27)16-22(28)24-20-7-5-4-6-8-20/h4-10,15,19H,11-14,16H2,1-3H3,(H,24,28)(H,25,29). The molecule has 1 heterocycles. The number of nitrogens with zero attached hydrogens (tertiary/aromatic N) is 2. The molecule has 29 heavy (non-hydrogen) atoms. The minimum Gasteiger partial charge on any atom is -0.325 e. The smallest absolute Gasteiger partial charge is 0.241 e. The summed E-state index contributed by atoms with van der Waals surface area (Å²) in [6.07, 6.45) is 0. The highest BCUT2D eigenvalue weighted by atomic mass is 16.2. The van der Waals surface area contributed by atoms with Crippen LogP contribution in [0.25, 0.3) is 0 Å². The number of benzene rings is 2. The van der Waals surface area contributed by atoms with Gasteiger partial charge in [-0.2, -0.15) is 0 Å². The molecule has 3 rings (SSSR count). The van der Waals surface area contributed by atoms with E-state index < -0.39 is 0 Å². The molecule has 2 N–H and O–H groups in total. The molecule has 154 valence electrons. The first kappa shape index (κ1) is 21.0. The molecule has 0 aliphatic carbocycles. The number of carbonyl (C=O) groups is 2. The van der Waals surface area contributed by atoms with E-state index in [2.05, 4.69) is 26.5 Å². The van der Waals surface area contributed by atoms with Crippen LogP contribution < -0.4 is 10.6 Å². The minimum absolute atomic E-state index is 0.00669. The minimum atomic E-state index is -0.212. The average Bonchev–Trinajstić information content (AvgIpc) is 2.70. The van der Waals surface area contributed by atoms with E-state index >= 15 is 0 Å². The molecule has 0 bridgehead atoms. The largest absolute Gasteiger partial charge is 0.325 e. The van der Waals surface area contributed by atoms with Crippen LogP contribution in [0.2, 0.25) is 0 Å². The fourth-order valence-electron chi connectivity index (χ4n) is 3.59. The molecular weight excluding hydrogens is 364 g/mol. The maximum Gasteiger partial charge on any atom is 0.241 e. The number of rotatable bonds is 6. The molecule has 1 fully saturated rings. The van der Waals surface area contributed by atoms with Gasteiger partial charge in [-0.05, 0) is 44.5 Å². The Kier molecular flexibility index (Phi) is 7.01. The number of nitrogens with one attached hydrogen (secondary N) is 2. The van der Waals surface area contributed by atoms with Crippen LogP contribution in [0.1, 0.15) is 18.1 Å². The normalized spacial score (nSPS) is 16.2. The molecule has 0 spiro atoms. The molecule has 2 amide bonds. The van der Waals surface area contributed by atoms with Gasteiger partial charge >= 0.3 is 0 Å². The Bertz CT molecular complexity index is 845. The van der Waals surface area contributed by atoms with Gasteiger partial charge < -0.3 is 10.6 Å². The molecule has 1 unspecified atom stereocenters. The summed E-state index contributed by atoms with van der Waals surface area (Å²) in [4.78, 5) is 29.2. The van der Waals surface area contributed by atoms with Gasteiger partial charge in [-0.3, -0.25) is 19.4 Å². The van der Waals surface area contributed by atoms with Crippen LogP contribution in [-0.2, 0) is 9.59 Å². The molecule has 0 aromatic heterocycles. The van der Waals surface area contributed by atoms with Crippen LogP contribution in [0.5, 0.6) is 0 Å². The fraction of sp³-hybridized carbons (Fsp3) is 0.391. The van der Waals surface area contributed by atoms with Crippen molar-refractivity contribution in [2.24, 2.45) is 0 Å². The molecule has 1 saturated heterocycles. The molecule has 6 nitrogen and oxygen atoms in total. The topological polar surface area (TPSA) is 64.7 Å². The van der Waals surface area contributed by atoms with Gasteiger partial charge in [0.25, 0.3) is 0 Å². The lowest BCUT2D eigenvalue weighted by Gasteiger charge is -2.37. The molecule has 6 heteroatoms. The van der Waals surface area contributed by atoms with Crippen LogP contribution >= 0.6 is 0 Å². The molecule has 0 radical (unpaired) electrons. The monoisotopic (exact) mass is 394 g/mol. The highest BCUT2D eigenvalue weighted by Gasteiger charge is 2.26. The summed E-state index contributed by atoms with van der Waals surface area (Å²) in [5.74, 6) is -0.00230. The lowest BCUT2D eigenvalue weighted by molar-refractivity contribution is -0.122. The lowest BCUT2D eigenvalue weighted by atomic mass is 10.1. The summed E-state index contributed by atoms with van der Waals surface area (Å²) in [6.45, 7) is 9.42. The first-order valence-corrected chi connectivity index (χ1v) is 10.1. The fourth-order valence-corrected chi connectivity index (χ4v) is 3.59. The van der Waals surface area contributed by atoms with Crippen molar-refractivity contribution in [2.45, 2.75) is 26.8 Å². The summed E-state index contributed by atoms with van der Waals surface area (Å²) >= 11 is 0. The van der Waals surface area contributed by atoms with Gasteiger partial charge in [0, 0.05) is 37.6 Å². The Hall–Kier alpha value is -2.70. The van der Waals surface area contributed by atoms with Gasteiger partial charge in [-0.1, -0.05) is 35.9 Å². The third-order valence-electron chi connectivity index (χ3n) is 5.40. The maximum atomic E-state index is 12.7. The summed E-state index contributed by atoms with van der Waals surface area (Å²) in [5.41, 5.74) is 3.93. The van der Waals surface area contributed by atoms with Crippen LogP contribution in [0.15, 0.2) is 48.5 Å². The third kappa shape index (κ3) is 5.89. The first-order chi connectivity index (χ1) is 13.9. The molecule has 1 aliphatic rings. The zero-order valence-corrected chi connectivity index (χ0v) is 17.4. The molecule has 0 saturated carbocycles. The Balaban J connectivity index is 1.45. The van der Waals surface area contributed by atoms with Gasteiger partial charge in [0.15, 0.2) is 0 Å². The molecule has 1 atom stereocenters. The number of aryl methyl sites for hydroxylation is 2. The number of hydrogen-bond acceptors (Lipinski definition) is 4. The predicted octanol–water partition coefficient (Wildman–Crippen LogP) is 2.89. The van der Waals surface area contributed by atoms with Crippen LogP contribution in [-0.4, -0.2) is 60.4 Å². The summed E-state index contributed by atoms with van der Waals surface area (Å²) in [7, 11) is 0. The van der Waals surface area contributed by atoms with Crippen LogP contribution in [0.3, 0.4) is 0 Å². The van der Waals surface area contributed by atoms with Crippen molar-refractivity contribution in [3.63, 3.8) is 0 Å². The Morgan fingerprint density at radius 2 is 1.66 bits per heavy atom. The number of piperazine rings is 1. The number of para-hydroxylation sites is 1. The van der Waals surface area contributed by atoms with Crippen molar-refractivity contribution in [3.8, 4) is 0 Å². The van der Waals surface area contributed by atoms with E-state index in [4.69, 9.17) is 0 Å². The number of anilines is 2. The van der Waals surface area contributed by atoms with Gasteiger partial charge in [-0.25, -0.2) is 0 Å². The molecular formula is C23H30N4O2. The summed E-state index contributed by atoms with van der Waals surface area (Å²) < 4.78 is 0. The third-order valence-corrected chi connectivity index (χ3v) is 5.40. The van der Waals surface area contributed by atoms with Crippen molar-refractivity contribution in [3.05, 3.63) is 59.7 Å². The van der Waals surface area contributed by atoms with Crippen molar-refractivity contribution in [1.29, 1.82) is 0 Å². The average molecular weight is 395 g/mol. The predicted molar refractivity (Wildman–Crippen MR) is 117 cm³/mol. The van der Waals surface area contributed by atoms with Crippen LogP contribution in [0.4, 0.5) is 11.4 Å². The summed E-state index contributed by atoms with van der Waals surface area (Å²) in [5, 5.41) is 5.97. The van der Waals surface area contributed by atoms with Crippen LogP contribution in [0, 0.1) is 13.8 Å². The second kappa shape index (κ2) is 9.67. The van der Waals surface area contributed by atoms with Crippen molar-refractivity contribution < 1.29 is 9.59 Å². The first-order valence-electron chi connectivity index (χ1n) is 10.1. The van der Waals surface area contributed by atoms with E-state index in [1.165, 1.54) is 5.56 Å². The quantitative estimate of drug-likeness (QED) is 0.791.